The number of alkyl halides is 3. The second-order valence-electron chi connectivity index (χ2n) is 9.68. The van der Waals surface area contributed by atoms with E-state index in [1.807, 2.05) is 0 Å². The normalized spacial score (nSPS) is 14.9. The molecule has 204 valence electrons. The summed E-state index contributed by atoms with van der Waals surface area (Å²) in [5.74, 6) is -0.606. The second-order valence-corrected chi connectivity index (χ2v) is 11.4. The van der Waals surface area contributed by atoms with Crippen LogP contribution in [0.15, 0.2) is 52.1 Å². The van der Waals surface area contributed by atoms with Crippen LogP contribution in [-0.4, -0.2) is 39.6 Å². The van der Waals surface area contributed by atoms with Crippen LogP contribution >= 0.6 is 39.1 Å². The minimum atomic E-state index is -4.82. The van der Waals surface area contributed by atoms with Crippen LogP contribution in [0.3, 0.4) is 0 Å². The molecule has 0 aliphatic heterocycles. The van der Waals surface area contributed by atoms with Gasteiger partial charge in [-0.1, -0.05) is 56.4 Å². The smallest absolute Gasteiger partial charge is 0.417 e. The van der Waals surface area contributed by atoms with Crippen molar-refractivity contribution in [1.82, 2.24) is 4.90 Å². The molecule has 0 radical (unpaired) electrons. The number of allylic oxidation sites excluding steroid dienone is 2. The van der Waals surface area contributed by atoms with Crippen LogP contribution in [-0.2, 0) is 16.1 Å². The Labute approximate surface area is 236 Å². The van der Waals surface area contributed by atoms with E-state index in [-0.39, 0.29) is 39.5 Å². The predicted octanol–water partition coefficient (Wildman–Crippen LogP) is 8.25. The van der Waals surface area contributed by atoms with Gasteiger partial charge >= 0.3 is 12.3 Å². The van der Waals surface area contributed by atoms with Gasteiger partial charge in [-0.2, -0.15) is 13.2 Å². The molecular weight excluding hydrogens is 612 g/mol. The number of nitrogens with zero attached hydrogens (tertiary/aromatic N) is 2. The third-order valence-electron chi connectivity index (χ3n) is 5.35. The average Bonchev–Trinajstić information content (AvgIpc) is 3.61. The fourth-order valence-corrected chi connectivity index (χ4v) is 4.48. The Morgan fingerprint density at radius 3 is 2.18 bits per heavy atom. The minimum Gasteiger partial charge on any atom is -0.443 e. The number of halogens is 6. The molecule has 6 nitrogen and oxygen atoms in total. The maximum atomic E-state index is 13.9. The van der Waals surface area contributed by atoms with E-state index in [9.17, 15) is 28.0 Å². The number of benzene rings is 2. The van der Waals surface area contributed by atoms with Crippen molar-refractivity contribution < 1.29 is 32.7 Å². The third-order valence-corrected chi connectivity index (χ3v) is 6.53. The molecule has 0 heterocycles. The first kappa shape index (κ1) is 30.0. The summed E-state index contributed by atoms with van der Waals surface area (Å²) in [7, 11) is 0. The monoisotopic (exact) mass is 634 g/mol. The van der Waals surface area contributed by atoms with Crippen molar-refractivity contribution >= 4 is 62.4 Å². The van der Waals surface area contributed by atoms with Crippen LogP contribution in [0.2, 0.25) is 10.0 Å². The van der Waals surface area contributed by atoms with Gasteiger partial charge in [0.1, 0.15) is 11.3 Å². The topological polar surface area (TPSA) is 79.2 Å². The Morgan fingerprint density at radius 1 is 1.11 bits per heavy atom. The lowest BCUT2D eigenvalue weighted by molar-refractivity contribution is -0.132. The van der Waals surface area contributed by atoms with E-state index in [1.54, 1.807) is 20.8 Å². The van der Waals surface area contributed by atoms with Crippen molar-refractivity contribution in [2.45, 2.75) is 51.9 Å². The summed E-state index contributed by atoms with van der Waals surface area (Å²) in [5.41, 5.74) is -2.01. The van der Waals surface area contributed by atoms with Crippen molar-refractivity contribution in [2.24, 2.45) is 11.1 Å². The summed E-state index contributed by atoms with van der Waals surface area (Å²) in [6, 6.07) is 7.85. The highest BCUT2D eigenvalue weighted by Crippen LogP contribution is 2.37. The van der Waals surface area contributed by atoms with E-state index in [0.29, 0.717) is 29.0 Å². The molecule has 0 saturated heterocycles. The molecular formula is C26H24BrCl2F3N2O4. The van der Waals surface area contributed by atoms with Gasteiger partial charge in [-0.15, -0.1) is 0 Å². The Kier molecular flexibility index (Phi) is 9.21. The largest absolute Gasteiger partial charge is 0.443 e. The molecule has 38 heavy (non-hydrogen) atoms. The van der Waals surface area contributed by atoms with Crippen LogP contribution in [0.25, 0.3) is 5.57 Å². The molecule has 0 atom stereocenters. The molecule has 0 unspecified atom stereocenters. The molecule has 3 rings (SSSR count). The molecule has 0 bridgehead atoms. The van der Waals surface area contributed by atoms with Gasteiger partial charge in [-0.25, -0.2) is 9.69 Å². The first-order valence-corrected chi connectivity index (χ1v) is 12.9. The molecule has 12 heteroatoms. The van der Waals surface area contributed by atoms with Gasteiger partial charge in [-0.05, 0) is 75.1 Å². The molecule has 1 aliphatic carbocycles. The number of carbonyl (C=O) groups is 2. The minimum absolute atomic E-state index is 0.00696. The first-order valence-electron chi connectivity index (χ1n) is 11.4. The fourth-order valence-electron chi connectivity index (χ4n) is 3.45. The zero-order chi connectivity index (χ0) is 28.4. The molecule has 2 amide bonds. The van der Waals surface area contributed by atoms with Crippen molar-refractivity contribution in [2.75, 3.05) is 0 Å². The molecule has 2 aromatic carbocycles. The third kappa shape index (κ3) is 7.97. The Morgan fingerprint density at radius 2 is 1.71 bits per heavy atom. The van der Waals surface area contributed by atoms with E-state index in [4.69, 9.17) is 27.9 Å². The summed E-state index contributed by atoms with van der Waals surface area (Å²) in [5, 5.41) is 12.6. The summed E-state index contributed by atoms with van der Waals surface area (Å²) < 4.78 is 47.5. The highest BCUT2D eigenvalue weighted by atomic mass is 79.9. The number of hydrogen-bond donors (Lipinski definition) is 1. The molecule has 1 aliphatic rings. The number of amides is 2. The SMILES string of the molecule is CC(C)(C)OC(=O)N(Cc1ccc(C(/C=C(/c2cc(Cl)cc(Cl)c2)C(F)(F)F)=N\O)cc1Br)C(=O)C1CC1. The van der Waals surface area contributed by atoms with Gasteiger partial charge in [0.15, 0.2) is 0 Å². The maximum absolute atomic E-state index is 13.9. The number of ether oxygens (including phenoxy) is 1. The lowest BCUT2D eigenvalue weighted by atomic mass is 10.00. The van der Waals surface area contributed by atoms with Gasteiger partial charge in [0, 0.05) is 26.0 Å². The van der Waals surface area contributed by atoms with E-state index in [1.165, 1.54) is 24.3 Å². The molecule has 0 spiro atoms. The number of imide groups is 1. The van der Waals surface area contributed by atoms with E-state index < -0.39 is 29.2 Å². The average molecular weight is 636 g/mol. The number of hydrogen-bond acceptors (Lipinski definition) is 5. The zero-order valence-corrected chi connectivity index (χ0v) is 23.7. The Hall–Kier alpha value is -2.56. The van der Waals surface area contributed by atoms with Crippen molar-refractivity contribution in [3.05, 3.63) is 73.7 Å². The van der Waals surface area contributed by atoms with Crippen molar-refractivity contribution in [1.29, 1.82) is 0 Å². The van der Waals surface area contributed by atoms with Gasteiger partial charge in [0.25, 0.3) is 0 Å². The molecule has 1 saturated carbocycles. The van der Waals surface area contributed by atoms with Gasteiger partial charge in [0.2, 0.25) is 5.91 Å². The van der Waals surface area contributed by atoms with Crippen LogP contribution in [0.5, 0.6) is 0 Å². The summed E-state index contributed by atoms with van der Waals surface area (Å²) in [4.78, 5) is 26.6. The molecule has 1 N–H and O–H groups in total. The van der Waals surface area contributed by atoms with Gasteiger partial charge in [0.05, 0.1) is 12.1 Å². The standard InChI is InChI=1S/C26H24BrCl2F3N2O4/c1-25(2,3)38-24(36)34(23(35)14-4-5-14)13-16-7-6-15(10-21(16)27)22(33-37)12-20(26(30,31)32)17-8-18(28)11-19(29)9-17/h6-12,14,37H,4-5,13H2,1-3H3/b20-12-,33-22-. The van der Waals surface area contributed by atoms with Crippen molar-refractivity contribution in [3.8, 4) is 0 Å². The lowest BCUT2D eigenvalue weighted by Crippen LogP contribution is -2.41. The molecule has 2 aromatic rings. The maximum Gasteiger partial charge on any atom is 0.417 e. The Balaban J connectivity index is 1.95. The highest BCUT2D eigenvalue weighted by Gasteiger charge is 2.38. The van der Waals surface area contributed by atoms with Crippen LogP contribution in [0.4, 0.5) is 18.0 Å². The highest BCUT2D eigenvalue weighted by molar-refractivity contribution is 9.10. The predicted molar refractivity (Wildman–Crippen MR) is 142 cm³/mol. The second kappa shape index (κ2) is 11.7. The lowest BCUT2D eigenvalue weighted by Gasteiger charge is -2.26. The van der Waals surface area contributed by atoms with Crippen LogP contribution in [0.1, 0.15) is 50.3 Å². The van der Waals surface area contributed by atoms with Crippen LogP contribution < -0.4 is 0 Å². The summed E-state index contributed by atoms with van der Waals surface area (Å²) >= 11 is 15.1. The molecule has 1 fully saturated rings. The van der Waals surface area contributed by atoms with E-state index in [0.717, 1.165) is 17.0 Å². The number of oxime groups is 1. The number of carbonyl (C=O) groups excluding carboxylic acids is 2. The Bertz CT molecular complexity index is 1280. The van der Waals surface area contributed by atoms with Crippen molar-refractivity contribution in [3.63, 3.8) is 0 Å². The molecule has 0 aromatic heterocycles. The van der Waals surface area contributed by atoms with Gasteiger partial charge in [-0.3, -0.25) is 4.79 Å². The van der Waals surface area contributed by atoms with E-state index >= 15 is 0 Å². The summed E-state index contributed by atoms with van der Waals surface area (Å²) in [6.07, 6.45) is -3.58. The van der Waals surface area contributed by atoms with E-state index in [2.05, 4.69) is 21.1 Å². The summed E-state index contributed by atoms with van der Waals surface area (Å²) in [6.45, 7) is 4.93. The van der Waals surface area contributed by atoms with Crippen LogP contribution in [0, 0.1) is 5.92 Å². The zero-order valence-electron chi connectivity index (χ0n) is 20.6. The quantitative estimate of drug-likeness (QED) is 0.197. The fraction of sp³-hybridized carbons (Fsp3) is 0.346. The number of rotatable bonds is 6. The first-order chi connectivity index (χ1) is 17.6. The van der Waals surface area contributed by atoms with Gasteiger partial charge < -0.3 is 9.94 Å².